The van der Waals surface area contributed by atoms with Crippen molar-refractivity contribution in [2.75, 3.05) is 7.11 Å². The molecule has 5 nitrogen and oxygen atoms in total. The molecule has 0 aliphatic heterocycles. The first-order valence-electron chi connectivity index (χ1n) is 8.18. The highest BCUT2D eigenvalue weighted by Gasteiger charge is 2.13. The Kier molecular flexibility index (Phi) is 4.41. The molecule has 0 atom stereocenters. The molecule has 4 aromatic rings. The van der Waals surface area contributed by atoms with E-state index in [1.807, 2.05) is 53.1 Å². The lowest BCUT2D eigenvalue weighted by Gasteiger charge is -2.04. The van der Waals surface area contributed by atoms with E-state index in [4.69, 9.17) is 4.74 Å². The van der Waals surface area contributed by atoms with E-state index in [9.17, 15) is 4.79 Å². The summed E-state index contributed by atoms with van der Waals surface area (Å²) in [5.74, 6) is 0.613. The number of carbonyl (C=O) groups is 1. The fourth-order valence-electron chi connectivity index (χ4n) is 2.66. The van der Waals surface area contributed by atoms with Gasteiger partial charge < -0.3 is 10.1 Å². The minimum atomic E-state index is -0.182. The Morgan fingerprint density at radius 1 is 1.12 bits per heavy atom. The number of rotatable bonds is 5. The largest absolute Gasteiger partial charge is 0.497 e. The number of ether oxygens (including phenoxy) is 1. The van der Waals surface area contributed by atoms with Crippen molar-refractivity contribution in [2.45, 2.75) is 6.54 Å². The molecule has 0 radical (unpaired) electrons. The second kappa shape index (κ2) is 7.01. The monoisotopic (exact) mass is 363 g/mol. The maximum absolute atomic E-state index is 12.4. The van der Waals surface area contributed by atoms with Gasteiger partial charge in [-0.3, -0.25) is 9.20 Å². The number of amides is 1. The summed E-state index contributed by atoms with van der Waals surface area (Å²) in [6, 6.07) is 17.7. The molecule has 2 aromatic carbocycles. The van der Waals surface area contributed by atoms with Crippen LogP contribution < -0.4 is 10.1 Å². The summed E-state index contributed by atoms with van der Waals surface area (Å²) in [5.41, 5.74) is 2.57. The fourth-order valence-corrected chi connectivity index (χ4v) is 3.63. The molecule has 26 heavy (non-hydrogen) atoms. The van der Waals surface area contributed by atoms with E-state index in [1.54, 1.807) is 24.6 Å². The van der Waals surface area contributed by atoms with Crippen molar-refractivity contribution >= 4 is 22.2 Å². The number of imidazole rings is 1. The lowest BCUT2D eigenvalue weighted by molar-refractivity contribution is 0.0946. The molecule has 2 heterocycles. The predicted molar refractivity (Wildman–Crippen MR) is 103 cm³/mol. The zero-order valence-electron chi connectivity index (χ0n) is 14.2. The number of nitrogens with zero attached hydrogens (tertiary/aromatic N) is 2. The molecule has 0 spiro atoms. The third-order valence-corrected chi connectivity index (χ3v) is 5.10. The first kappa shape index (κ1) is 16.4. The van der Waals surface area contributed by atoms with Crippen LogP contribution in [0.25, 0.3) is 15.4 Å². The van der Waals surface area contributed by atoms with Crippen LogP contribution in [-0.4, -0.2) is 22.4 Å². The summed E-state index contributed by atoms with van der Waals surface area (Å²) in [7, 11) is 1.63. The molecule has 0 aliphatic carbocycles. The van der Waals surface area contributed by atoms with Crippen molar-refractivity contribution in [2.24, 2.45) is 0 Å². The highest BCUT2D eigenvalue weighted by atomic mass is 32.1. The summed E-state index contributed by atoms with van der Waals surface area (Å²) < 4.78 is 7.03. The molecule has 130 valence electrons. The lowest BCUT2D eigenvalue weighted by atomic mass is 10.2. The Bertz CT molecular complexity index is 1000. The minimum absolute atomic E-state index is 0.182. The summed E-state index contributed by atoms with van der Waals surface area (Å²) in [5, 5.41) is 2.90. The van der Waals surface area contributed by atoms with E-state index in [2.05, 4.69) is 22.4 Å². The van der Waals surface area contributed by atoms with Crippen LogP contribution in [0.5, 0.6) is 5.75 Å². The lowest BCUT2D eigenvalue weighted by Crippen LogP contribution is -2.23. The van der Waals surface area contributed by atoms with Gasteiger partial charge in [0, 0.05) is 18.9 Å². The Morgan fingerprint density at radius 2 is 1.88 bits per heavy atom. The number of aromatic nitrogens is 2. The summed E-state index contributed by atoms with van der Waals surface area (Å²) in [6.45, 7) is 0.448. The van der Waals surface area contributed by atoms with Crippen molar-refractivity contribution in [3.8, 4) is 16.2 Å². The zero-order chi connectivity index (χ0) is 17.9. The molecular formula is C20H17N3O2S. The maximum atomic E-state index is 12.4. The molecule has 1 amide bonds. The Balaban J connectivity index is 1.46. The first-order valence-corrected chi connectivity index (χ1v) is 8.99. The van der Waals surface area contributed by atoms with Crippen molar-refractivity contribution in [3.63, 3.8) is 0 Å². The van der Waals surface area contributed by atoms with Crippen molar-refractivity contribution in [1.29, 1.82) is 0 Å². The van der Waals surface area contributed by atoms with E-state index in [-0.39, 0.29) is 5.91 Å². The molecule has 2 aromatic heterocycles. The van der Waals surface area contributed by atoms with Gasteiger partial charge in [0.2, 0.25) is 0 Å². The minimum Gasteiger partial charge on any atom is -0.497 e. The highest BCUT2D eigenvalue weighted by Crippen LogP contribution is 2.28. The number of carbonyl (C=O) groups excluding carboxylic acids is 1. The topological polar surface area (TPSA) is 55.6 Å². The number of hydrogen-bond acceptors (Lipinski definition) is 4. The van der Waals surface area contributed by atoms with Crippen LogP contribution in [0, 0.1) is 0 Å². The molecule has 6 heteroatoms. The average Bonchev–Trinajstić information content (AvgIpc) is 3.26. The molecule has 0 bridgehead atoms. The Hall–Kier alpha value is -3.12. The van der Waals surface area contributed by atoms with E-state index in [0.29, 0.717) is 12.2 Å². The highest BCUT2D eigenvalue weighted by molar-refractivity contribution is 7.20. The van der Waals surface area contributed by atoms with E-state index < -0.39 is 0 Å². The van der Waals surface area contributed by atoms with Gasteiger partial charge >= 0.3 is 0 Å². The number of thiazole rings is 1. The third kappa shape index (κ3) is 3.32. The summed E-state index contributed by atoms with van der Waals surface area (Å²) in [4.78, 5) is 18.7. The first-order chi connectivity index (χ1) is 12.7. The Labute approximate surface area is 154 Å². The normalized spacial score (nSPS) is 10.8. The van der Waals surface area contributed by atoms with E-state index in [0.717, 1.165) is 26.7 Å². The smallest absolute Gasteiger partial charge is 0.271 e. The second-order valence-corrected chi connectivity index (χ2v) is 6.82. The van der Waals surface area contributed by atoms with Crippen molar-refractivity contribution in [3.05, 3.63) is 78.2 Å². The molecule has 0 aliphatic rings. The van der Waals surface area contributed by atoms with Gasteiger partial charge in [-0.2, -0.15) is 0 Å². The molecule has 0 fully saturated rings. The van der Waals surface area contributed by atoms with Crippen molar-refractivity contribution < 1.29 is 9.53 Å². The third-order valence-electron chi connectivity index (χ3n) is 4.06. The standard InChI is InChI=1S/C20H17N3O2S/c1-25-16-9-7-14(8-10-16)11-21-19(24)17-12-23-13-18(26-20(23)22-17)15-5-3-2-4-6-15/h2-10,12-13H,11H2,1H3,(H,21,24). The summed E-state index contributed by atoms with van der Waals surface area (Å²) in [6.07, 6.45) is 3.77. The van der Waals surface area contributed by atoms with Gasteiger partial charge in [-0.25, -0.2) is 4.98 Å². The fraction of sp³-hybridized carbons (Fsp3) is 0.100. The van der Waals surface area contributed by atoms with Crippen LogP contribution in [0.2, 0.25) is 0 Å². The van der Waals surface area contributed by atoms with Gasteiger partial charge in [0.1, 0.15) is 11.4 Å². The SMILES string of the molecule is COc1ccc(CNC(=O)c2cn3cc(-c4ccccc4)sc3n2)cc1. The van der Waals surface area contributed by atoms with E-state index >= 15 is 0 Å². The number of nitrogens with one attached hydrogen (secondary N) is 1. The quantitative estimate of drug-likeness (QED) is 0.583. The van der Waals surface area contributed by atoms with Gasteiger partial charge in [-0.05, 0) is 23.3 Å². The van der Waals surface area contributed by atoms with Crippen LogP contribution >= 0.6 is 11.3 Å². The van der Waals surface area contributed by atoms with Gasteiger partial charge in [0.05, 0.1) is 12.0 Å². The molecular weight excluding hydrogens is 346 g/mol. The second-order valence-electron chi connectivity index (χ2n) is 5.81. The van der Waals surface area contributed by atoms with Crippen LogP contribution in [0.4, 0.5) is 0 Å². The van der Waals surface area contributed by atoms with Crippen LogP contribution in [-0.2, 0) is 6.54 Å². The zero-order valence-corrected chi connectivity index (χ0v) is 15.0. The number of hydrogen-bond donors (Lipinski definition) is 1. The molecule has 0 saturated heterocycles. The van der Waals surface area contributed by atoms with Crippen LogP contribution in [0.1, 0.15) is 16.1 Å². The Morgan fingerprint density at radius 3 is 2.58 bits per heavy atom. The predicted octanol–water partition coefficient (Wildman–Crippen LogP) is 4.00. The van der Waals surface area contributed by atoms with Gasteiger partial charge in [0.15, 0.2) is 4.96 Å². The molecule has 0 saturated carbocycles. The van der Waals surface area contributed by atoms with Gasteiger partial charge in [0.25, 0.3) is 5.91 Å². The van der Waals surface area contributed by atoms with Gasteiger partial charge in [-0.15, -0.1) is 0 Å². The molecule has 0 unspecified atom stereocenters. The number of fused-ring (bicyclic) bond motifs is 1. The van der Waals surface area contributed by atoms with Gasteiger partial charge in [-0.1, -0.05) is 53.8 Å². The molecule has 4 rings (SSSR count). The number of benzene rings is 2. The van der Waals surface area contributed by atoms with E-state index in [1.165, 1.54) is 0 Å². The maximum Gasteiger partial charge on any atom is 0.271 e. The average molecular weight is 363 g/mol. The van der Waals surface area contributed by atoms with Crippen molar-refractivity contribution in [1.82, 2.24) is 14.7 Å². The summed E-state index contributed by atoms with van der Waals surface area (Å²) >= 11 is 1.57. The van der Waals surface area contributed by atoms with Crippen LogP contribution in [0.15, 0.2) is 67.0 Å². The molecule has 1 N–H and O–H groups in total. The van der Waals surface area contributed by atoms with Crippen LogP contribution in [0.3, 0.4) is 0 Å². The number of methoxy groups -OCH3 is 1.